The number of thiazole rings is 1. The van der Waals surface area contributed by atoms with Gasteiger partial charge in [-0.2, -0.15) is 0 Å². The third-order valence-corrected chi connectivity index (χ3v) is 9.94. The summed E-state index contributed by atoms with van der Waals surface area (Å²) in [4.78, 5) is 4.27. The Bertz CT molecular complexity index is 781. The van der Waals surface area contributed by atoms with Crippen molar-refractivity contribution in [2.24, 2.45) is 4.74 Å². The Hall–Kier alpha value is -1.11. The molecule has 0 bridgehead atoms. The van der Waals surface area contributed by atoms with Crippen LogP contribution in [0, 0.1) is 0 Å². The number of thiocarbonyl (C=S) groups is 1. The first kappa shape index (κ1) is 19.6. The summed E-state index contributed by atoms with van der Waals surface area (Å²) in [5.41, 5.74) is 0. The van der Waals surface area contributed by atoms with Crippen molar-refractivity contribution in [3.63, 3.8) is 0 Å². The second kappa shape index (κ2) is 8.28. The van der Waals surface area contributed by atoms with E-state index in [2.05, 4.69) is 60.0 Å². The minimum Gasteiger partial charge on any atom is -0.379 e. The van der Waals surface area contributed by atoms with Crippen LogP contribution in [0.3, 0.4) is 0 Å². The molecular formula is C18H25N4OPS2. The van der Waals surface area contributed by atoms with Crippen LogP contribution in [0.4, 0.5) is 5.13 Å². The molecule has 1 fully saturated rings. The molecule has 1 atom stereocenters. The quantitative estimate of drug-likeness (QED) is 0.602. The predicted molar refractivity (Wildman–Crippen MR) is 116 cm³/mol. The van der Waals surface area contributed by atoms with E-state index in [1.165, 1.54) is 16.6 Å². The fourth-order valence-corrected chi connectivity index (χ4v) is 8.44. The molecule has 8 heteroatoms. The molecule has 0 amide bonds. The monoisotopic (exact) mass is 408 g/mol. The highest BCUT2D eigenvalue weighted by molar-refractivity contribution is 7.82. The van der Waals surface area contributed by atoms with E-state index in [0.29, 0.717) is 5.11 Å². The Morgan fingerprint density at radius 1 is 1.27 bits per heavy atom. The normalized spacial score (nSPS) is 18.1. The van der Waals surface area contributed by atoms with Gasteiger partial charge in [-0.15, -0.1) is 11.3 Å². The van der Waals surface area contributed by atoms with Crippen LogP contribution >= 0.6 is 30.8 Å². The number of nitrogens with one attached hydrogen (secondary N) is 1. The van der Waals surface area contributed by atoms with Crippen molar-refractivity contribution < 1.29 is 4.74 Å². The second-order valence-electron chi connectivity index (χ2n) is 7.04. The zero-order valence-corrected chi connectivity index (χ0v) is 17.9. The van der Waals surface area contributed by atoms with Crippen molar-refractivity contribution in [2.45, 2.75) is 25.9 Å². The Morgan fingerprint density at radius 3 is 2.54 bits per heavy atom. The average Bonchev–Trinajstić information content (AvgIpc) is 3.13. The highest BCUT2D eigenvalue weighted by Crippen LogP contribution is 2.62. The fourth-order valence-electron chi connectivity index (χ4n) is 3.26. The van der Waals surface area contributed by atoms with E-state index in [9.17, 15) is 0 Å². The molecule has 1 N–H and O–H groups in total. The lowest BCUT2D eigenvalue weighted by atomic mass is 10.3. The summed E-state index contributed by atoms with van der Waals surface area (Å²) in [5.74, 6) is 0. The van der Waals surface area contributed by atoms with Crippen LogP contribution in [0.15, 0.2) is 46.7 Å². The van der Waals surface area contributed by atoms with Gasteiger partial charge in [0.25, 0.3) is 0 Å². The van der Waals surface area contributed by atoms with Gasteiger partial charge in [0.05, 0.1) is 20.4 Å². The molecule has 1 aromatic heterocycles. The zero-order valence-electron chi connectivity index (χ0n) is 15.4. The second-order valence-corrected chi connectivity index (χ2v) is 12.1. The number of anilines is 1. The first-order valence-electron chi connectivity index (χ1n) is 8.65. The summed E-state index contributed by atoms with van der Waals surface area (Å²) < 4.78 is 13.3. The number of morpholine rings is 1. The number of aromatic nitrogens is 1. The molecule has 2 aromatic rings. The van der Waals surface area contributed by atoms with Crippen LogP contribution in [-0.4, -0.2) is 46.2 Å². The Labute approximate surface area is 164 Å². The molecule has 3 rings (SSSR count). The van der Waals surface area contributed by atoms with Crippen molar-refractivity contribution in [2.75, 3.05) is 31.6 Å². The first-order chi connectivity index (χ1) is 12.4. The van der Waals surface area contributed by atoms with Crippen molar-refractivity contribution in [3.05, 3.63) is 41.9 Å². The van der Waals surface area contributed by atoms with Crippen LogP contribution in [0.2, 0.25) is 0 Å². The summed E-state index contributed by atoms with van der Waals surface area (Å²) >= 11 is 7.17. The molecule has 2 heterocycles. The van der Waals surface area contributed by atoms with Crippen LogP contribution < -0.4 is 10.6 Å². The minimum atomic E-state index is -2.13. The van der Waals surface area contributed by atoms with Gasteiger partial charge in [-0.3, -0.25) is 4.67 Å². The highest BCUT2D eigenvalue weighted by Gasteiger charge is 2.42. The Morgan fingerprint density at radius 2 is 1.96 bits per heavy atom. The highest BCUT2D eigenvalue weighted by atomic mass is 32.1. The summed E-state index contributed by atoms with van der Waals surface area (Å²) in [5, 5.41) is 7.58. The molecule has 0 aliphatic carbocycles. The van der Waals surface area contributed by atoms with Crippen molar-refractivity contribution >= 4 is 46.3 Å². The van der Waals surface area contributed by atoms with Gasteiger partial charge in [-0.05, 0) is 12.2 Å². The van der Waals surface area contributed by atoms with E-state index in [4.69, 9.17) is 21.7 Å². The number of hydrogen-bond donors (Lipinski definition) is 1. The molecule has 1 aromatic carbocycles. The third kappa shape index (κ3) is 4.07. The predicted octanol–water partition coefficient (Wildman–Crippen LogP) is 4.41. The molecule has 0 spiro atoms. The van der Waals surface area contributed by atoms with Gasteiger partial charge >= 0.3 is 0 Å². The molecule has 0 saturated carbocycles. The van der Waals surface area contributed by atoms with Crippen LogP contribution in [-0.2, 0) is 4.74 Å². The lowest BCUT2D eigenvalue weighted by Crippen LogP contribution is -2.43. The fraction of sp³-hybridized carbons (Fsp3) is 0.444. The van der Waals surface area contributed by atoms with Gasteiger partial charge in [0.1, 0.15) is 0 Å². The molecule has 26 heavy (non-hydrogen) atoms. The van der Waals surface area contributed by atoms with Gasteiger partial charge < -0.3 is 10.1 Å². The Balaban J connectivity index is 2.12. The zero-order chi connectivity index (χ0) is 18.6. The molecule has 0 radical (unpaired) electrons. The van der Waals surface area contributed by atoms with Crippen LogP contribution in [0.1, 0.15) is 20.8 Å². The molecule has 140 valence electrons. The number of nitrogens with zero attached hydrogens (tertiary/aromatic N) is 3. The summed E-state index contributed by atoms with van der Waals surface area (Å²) in [6, 6.07) is 10.6. The molecule has 5 nitrogen and oxygen atoms in total. The summed E-state index contributed by atoms with van der Waals surface area (Å²) in [6.07, 6.45) is 1.76. The van der Waals surface area contributed by atoms with Gasteiger partial charge in [0, 0.05) is 35.1 Å². The minimum absolute atomic E-state index is 0.0691. The number of ether oxygens (including phenoxy) is 1. The SMILES string of the molecule is CC(C)(C)P(=NC(=S)Nc1nccs1)(c1ccccc1)N1CCOCC1. The smallest absolute Gasteiger partial charge is 0.199 e. The molecular weight excluding hydrogens is 383 g/mol. The van der Waals surface area contributed by atoms with E-state index in [1.807, 2.05) is 11.4 Å². The van der Waals surface area contributed by atoms with Crippen LogP contribution in [0.5, 0.6) is 0 Å². The number of benzene rings is 1. The number of rotatable bonds is 3. The van der Waals surface area contributed by atoms with Gasteiger partial charge in [-0.25, -0.2) is 9.73 Å². The lowest BCUT2D eigenvalue weighted by Gasteiger charge is -2.46. The van der Waals surface area contributed by atoms with E-state index < -0.39 is 7.21 Å². The van der Waals surface area contributed by atoms with Crippen LogP contribution in [0.25, 0.3) is 0 Å². The summed E-state index contributed by atoms with van der Waals surface area (Å²) in [7, 11) is -2.13. The van der Waals surface area contributed by atoms with E-state index in [0.717, 1.165) is 31.4 Å². The van der Waals surface area contributed by atoms with Crippen molar-refractivity contribution in [1.82, 2.24) is 9.65 Å². The average molecular weight is 409 g/mol. The van der Waals surface area contributed by atoms with Crippen molar-refractivity contribution in [1.29, 1.82) is 0 Å². The molecule has 1 aliphatic heterocycles. The maximum atomic E-state index is 5.65. The lowest BCUT2D eigenvalue weighted by molar-refractivity contribution is 0.0738. The van der Waals surface area contributed by atoms with E-state index >= 15 is 0 Å². The van der Waals surface area contributed by atoms with Gasteiger partial charge in [0.15, 0.2) is 10.2 Å². The maximum Gasteiger partial charge on any atom is 0.199 e. The van der Waals surface area contributed by atoms with Gasteiger partial charge in [0.2, 0.25) is 0 Å². The maximum absolute atomic E-state index is 5.65. The number of hydrogen-bond acceptors (Lipinski definition) is 4. The molecule has 1 aliphatic rings. The first-order valence-corrected chi connectivity index (χ1v) is 11.6. The van der Waals surface area contributed by atoms with Crippen molar-refractivity contribution in [3.8, 4) is 0 Å². The standard InChI is InChI=1S/C18H25N4OPS2/c1-18(2,3)24(15-7-5-4-6-8-15,22-10-12-23-13-11-22)21-16(25)20-17-19-9-14-26-17/h4-9,14H,10-13H2,1-3H3,(H,19,20,25). The van der Waals surface area contributed by atoms with E-state index in [1.54, 1.807) is 6.20 Å². The van der Waals surface area contributed by atoms with E-state index in [-0.39, 0.29) is 5.16 Å². The summed E-state index contributed by atoms with van der Waals surface area (Å²) in [6.45, 7) is 9.97. The molecule has 1 saturated heterocycles. The third-order valence-electron chi connectivity index (χ3n) is 4.33. The van der Waals surface area contributed by atoms with Gasteiger partial charge in [-0.1, -0.05) is 51.1 Å². The Kier molecular flexibility index (Phi) is 6.25. The largest absolute Gasteiger partial charge is 0.379 e. The molecule has 1 unspecified atom stereocenters. The topological polar surface area (TPSA) is 49.8 Å².